The first-order chi connectivity index (χ1) is 10.3. The normalized spacial score (nSPS) is 15.5. The number of nitrogens with one attached hydrogen (secondary N) is 1. The summed E-state index contributed by atoms with van der Waals surface area (Å²) < 4.78 is 2.64. The number of pyridine rings is 1. The largest absolute Gasteiger partial charge is 0.348 e. The van der Waals surface area contributed by atoms with Crippen LogP contribution in [-0.4, -0.2) is 4.57 Å². The Kier molecular flexibility index (Phi) is 6.73. The highest BCUT2D eigenvalue weighted by molar-refractivity contribution is 8.93. The summed E-state index contributed by atoms with van der Waals surface area (Å²) in [6, 6.07) is 0. The fourth-order valence-corrected chi connectivity index (χ4v) is 4.26. The monoisotopic (exact) mass is 366 g/mol. The van der Waals surface area contributed by atoms with Gasteiger partial charge in [-0.05, 0) is 56.1 Å². The van der Waals surface area contributed by atoms with Crippen LogP contribution in [0.15, 0.2) is 0 Å². The number of fused-ring (bicyclic) bond motifs is 2. The fourth-order valence-electron chi connectivity index (χ4n) is 4.26. The number of rotatable bonds is 7. The summed E-state index contributed by atoms with van der Waals surface area (Å²) in [7, 11) is 0. The minimum atomic E-state index is 0. The van der Waals surface area contributed by atoms with E-state index in [1.165, 1.54) is 93.3 Å². The van der Waals surface area contributed by atoms with Gasteiger partial charge in [-0.3, -0.25) is 0 Å². The number of hydrogen-bond donors (Lipinski definition) is 1. The van der Waals surface area contributed by atoms with Crippen molar-refractivity contribution in [2.24, 2.45) is 0 Å². The van der Waals surface area contributed by atoms with E-state index in [-0.39, 0.29) is 17.0 Å². The summed E-state index contributed by atoms with van der Waals surface area (Å²) in [6.07, 6.45) is 15.5. The Bertz CT molecular complexity index is 521. The Hall–Kier alpha value is -0.570. The van der Waals surface area contributed by atoms with Crippen molar-refractivity contribution >= 4 is 17.0 Å². The van der Waals surface area contributed by atoms with E-state index < -0.39 is 0 Å². The van der Waals surface area contributed by atoms with Crippen LogP contribution in [0.2, 0.25) is 0 Å². The van der Waals surface area contributed by atoms with Gasteiger partial charge in [0.2, 0.25) is 0 Å². The Morgan fingerprint density at radius 2 is 1.36 bits per heavy atom. The second-order valence-corrected chi connectivity index (χ2v) is 6.85. The van der Waals surface area contributed by atoms with Gasteiger partial charge in [0.1, 0.15) is 0 Å². The quantitative estimate of drug-likeness (QED) is 0.666. The van der Waals surface area contributed by atoms with E-state index in [9.17, 15) is 0 Å². The van der Waals surface area contributed by atoms with E-state index in [2.05, 4.69) is 11.5 Å². The maximum Gasteiger partial charge on any atom is 0.0638 e. The molecular formula is C19H31BrN2. The van der Waals surface area contributed by atoms with Gasteiger partial charge in [0.15, 0.2) is 0 Å². The van der Waals surface area contributed by atoms with E-state index >= 15 is 0 Å². The summed E-state index contributed by atoms with van der Waals surface area (Å²) in [5, 5.41) is 9.39. The third-order valence-corrected chi connectivity index (χ3v) is 5.37. The predicted octanol–water partition coefficient (Wildman–Crippen LogP) is 4.88. The van der Waals surface area contributed by atoms with E-state index in [4.69, 9.17) is 5.41 Å². The van der Waals surface area contributed by atoms with E-state index in [0.717, 1.165) is 18.2 Å². The minimum absolute atomic E-state index is 0. The average molecular weight is 367 g/mol. The first-order valence-electron chi connectivity index (χ1n) is 9.13. The van der Waals surface area contributed by atoms with Crippen molar-refractivity contribution in [3.63, 3.8) is 0 Å². The average Bonchev–Trinajstić information content (AvgIpc) is 3.15. The smallest absolute Gasteiger partial charge is 0.0638 e. The predicted molar refractivity (Wildman–Crippen MR) is 98.0 cm³/mol. The van der Waals surface area contributed by atoms with Crippen molar-refractivity contribution in [2.75, 3.05) is 0 Å². The summed E-state index contributed by atoms with van der Waals surface area (Å²) in [5.41, 5.74) is 5.83. The summed E-state index contributed by atoms with van der Waals surface area (Å²) in [5.74, 6) is 0. The zero-order valence-corrected chi connectivity index (χ0v) is 15.8. The van der Waals surface area contributed by atoms with Gasteiger partial charge in [-0.15, -0.1) is 17.0 Å². The maximum atomic E-state index is 8.48. The molecule has 2 nitrogen and oxygen atoms in total. The SMILES string of the molecule is Br.CCCCCCCCn1c2c(c(=N)c3c1CCC3)CCC2. The zero-order valence-electron chi connectivity index (χ0n) is 14.0. The third-order valence-electron chi connectivity index (χ3n) is 5.37. The lowest BCUT2D eigenvalue weighted by atomic mass is 10.1. The molecule has 0 spiro atoms. The molecular weight excluding hydrogens is 336 g/mol. The van der Waals surface area contributed by atoms with Gasteiger partial charge in [0.05, 0.1) is 5.36 Å². The van der Waals surface area contributed by atoms with Crippen molar-refractivity contribution in [3.05, 3.63) is 27.9 Å². The molecule has 0 fully saturated rings. The molecule has 0 unspecified atom stereocenters. The molecule has 2 aliphatic carbocycles. The van der Waals surface area contributed by atoms with Gasteiger partial charge >= 0.3 is 0 Å². The molecule has 0 aliphatic heterocycles. The summed E-state index contributed by atoms with van der Waals surface area (Å²) in [4.78, 5) is 0. The van der Waals surface area contributed by atoms with Gasteiger partial charge in [-0.25, -0.2) is 0 Å². The molecule has 1 aromatic heterocycles. The Labute approximate surface area is 145 Å². The number of hydrogen-bond acceptors (Lipinski definition) is 1. The minimum Gasteiger partial charge on any atom is -0.348 e. The number of nitrogens with zero attached hydrogens (tertiary/aromatic N) is 1. The molecule has 3 heteroatoms. The molecule has 0 amide bonds. The number of aromatic nitrogens is 1. The molecule has 1 N–H and O–H groups in total. The molecule has 1 heterocycles. The highest BCUT2D eigenvalue weighted by atomic mass is 79.9. The second-order valence-electron chi connectivity index (χ2n) is 6.85. The molecule has 0 bridgehead atoms. The van der Waals surface area contributed by atoms with E-state index in [1.54, 1.807) is 0 Å². The van der Waals surface area contributed by atoms with E-state index in [1.807, 2.05) is 0 Å². The van der Waals surface area contributed by atoms with Crippen molar-refractivity contribution in [1.82, 2.24) is 4.57 Å². The lowest BCUT2D eigenvalue weighted by Gasteiger charge is -2.19. The highest BCUT2D eigenvalue weighted by Gasteiger charge is 2.24. The topological polar surface area (TPSA) is 28.8 Å². The maximum absolute atomic E-state index is 8.48. The molecule has 124 valence electrons. The van der Waals surface area contributed by atoms with Crippen molar-refractivity contribution < 1.29 is 0 Å². The molecule has 0 atom stereocenters. The van der Waals surface area contributed by atoms with Gasteiger partial charge in [-0.2, -0.15) is 0 Å². The van der Waals surface area contributed by atoms with Gasteiger partial charge in [-0.1, -0.05) is 39.0 Å². The van der Waals surface area contributed by atoms with Crippen LogP contribution in [0.3, 0.4) is 0 Å². The lowest BCUT2D eigenvalue weighted by Crippen LogP contribution is -2.22. The molecule has 0 radical (unpaired) electrons. The van der Waals surface area contributed by atoms with E-state index in [0.29, 0.717) is 0 Å². The van der Waals surface area contributed by atoms with Crippen LogP contribution in [0, 0.1) is 5.41 Å². The van der Waals surface area contributed by atoms with Crippen LogP contribution in [-0.2, 0) is 32.2 Å². The number of halogens is 1. The van der Waals surface area contributed by atoms with Crippen LogP contribution in [0.5, 0.6) is 0 Å². The Balaban J connectivity index is 0.00000176. The standard InChI is InChI=1S/C19H30N2.BrH/c1-2-3-4-5-6-7-14-21-17-12-8-10-15(17)19(20)16-11-9-13-18(16)21;/h20H,2-14H2,1H3;1H. The summed E-state index contributed by atoms with van der Waals surface area (Å²) >= 11 is 0. The first-order valence-corrected chi connectivity index (χ1v) is 9.13. The van der Waals surface area contributed by atoms with Gasteiger partial charge in [0, 0.05) is 17.9 Å². The molecule has 0 saturated heterocycles. The van der Waals surface area contributed by atoms with Crippen molar-refractivity contribution in [1.29, 1.82) is 5.41 Å². The Morgan fingerprint density at radius 3 is 1.95 bits per heavy atom. The molecule has 3 rings (SSSR count). The van der Waals surface area contributed by atoms with Gasteiger partial charge < -0.3 is 9.98 Å². The van der Waals surface area contributed by atoms with Crippen LogP contribution < -0.4 is 5.36 Å². The highest BCUT2D eigenvalue weighted by Crippen LogP contribution is 2.27. The Morgan fingerprint density at radius 1 is 0.818 bits per heavy atom. The fraction of sp³-hybridized carbons (Fsp3) is 0.737. The van der Waals surface area contributed by atoms with Crippen molar-refractivity contribution in [2.45, 2.75) is 90.5 Å². The summed E-state index contributed by atoms with van der Waals surface area (Å²) in [6.45, 7) is 3.49. The van der Waals surface area contributed by atoms with Crippen LogP contribution in [0.25, 0.3) is 0 Å². The van der Waals surface area contributed by atoms with Crippen LogP contribution in [0.1, 0.15) is 80.8 Å². The molecule has 0 saturated carbocycles. The molecule has 0 aromatic carbocycles. The van der Waals surface area contributed by atoms with Gasteiger partial charge in [0.25, 0.3) is 0 Å². The van der Waals surface area contributed by atoms with Crippen LogP contribution in [0.4, 0.5) is 0 Å². The molecule has 2 aliphatic rings. The molecule has 1 aromatic rings. The third kappa shape index (κ3) is 3.50. The first kappa shape index (κ1) is 17.8. The lowest BCUT2D eigenvalue weighted by molar-refractivity contribution is 0.535. The zero-order chi connectivity index (χ0) is 14.7. The second kappa shape index (κ2) is 8.33. The van der Waals surface area contributed by atoms with Crippen LogP contribution >= 0.6 is 17.0 Å². The number of unbranched alkanes of at least 4 members (excludes halogenated alkanes) is 5. The van der Waals surface area contributed by atoms with Crippen molar-refractivity contribution in [3.8, 4) is 0 Å². The molecule has 22 heavy (non-hydrogen) atoms.